The lowest BCUT2D eigenvalue weighted by Gasteiger charge is -2.21. The first-order chi connectivity index (χ1) is 12.1. The van der Waals surface area contributed by atoms with Gasteiger partial charge in [-0.1, -0.05) is 30.3 Å². The molecule has 25 heavy (non-hydrogen) atoms. The first-order valence-corrected chi connectivity index (χ1v) is 9.60. The van der Waals surface area contributed by atoms with Gasteiger partial charge in [0.25, 0.3) is 0 Å². The van der Waals surface area contributed by atoms with Crippen LogP contribution in [-0.2, 0) is 10.5 Å². The van der Waals surface area contributed by atoms with Crippen LogP contribution in [0.2, 0.25) is 0 Å². The van der Waals surface area contributed by atoms with Crippen molar-refractivity contribution < 1.29 is 14.3 Å². The third kappa shape index (κ3) is 4.69. The van der Waals surface area contributed by atoms with Gasteiger partial charge in [-0.15, -0.1) is 11.8 Å². The maximum Gasteiger partial charge on any atom is 0.230 e. The van der Waals surface area contributed by atoms with E-state index in [2.05, 4.69) is 24.4 Å². The van der Waals surface area contributed by atoms with Crippen LogP contribution >= 0.6 is 11.8 Å². The molecule has 3 rings (SSSR count). The van der Waals surface area contributed by atoms with E-state index in [9.17, 15) is 4.79 Å². The smallest absolute Gasteiger partial charge is 0.230 e. The van der Waals surface area contributed by atoms with Crippen molar-refractivity contribution in [3.05, 3.63) is 59.2 Å². The first kappa shape index (κ1) is 17.7. The normalized spacial score (nSPS) is 14.0. The second-order valence-electron chi connectivity index (χ2n) is 6.11. The molecule has 1 N–H and O–H groups in total. The maximum absolute atomic E-state index is 12.2. The molecule has 0 saturated carbocycles. The minimum atomic E-state index is -0.0672. The van der Waals surface area contributed by atoms with Gasteiger partial charge in [0.15, 0.2) is 11.5 Å². The molecule has 0 bridgehead atoms. The molecule has 1 aliphatic rings. The van der Waals surface area contributed by atoms with Crippen molar-refractivity contribution >= 4 is 17.7 Å². The van der Waals surface area contributed by atoms with Gasteiger partial charge >= 0.3 is 0 Å². The molecule has 4 nitrogen and oxygen atoms in total. The lowest BCUT2D eigenvalue weighted by atomic mass is 10.1. The van der Waals surface area contributed by atoms with Crippen molar-refractivity contribution in [3.8, 4) is 11.5 Å². The van der Waals surface area contributed by atoms with Gasteiger partial charge in [0.05, 0.1) is 11.8 Å². The molecule has 0 radical (unpaired) electrons. The molecule has 1 aliphatic heterocycles. The molecule has 132 valence electrons. The van der Waals surface area contributed by atoms with Crippen LogP contribution in [0, 0.1) is 6.92 Å². The van der Waals surface area contributed by atoms with Crippen LogP contribution < -0.4 is 14.8 Å². The molecular weight excluding hydrogens is 334 g/mol. The van der Waals surface area contributed by atoms with Gasteiger partial charge < -0.3 is 14.8 Å². The fourth-order valence-corrected chi connectivity index (χ4v) is 3.64. The molecule has 1 atom stereocenters. The van der Waals surface area contributed by atoms with E-state index in [1.807, 2.05) is 37.3 Å². The van der Waals surface area contributed by atoms with Crippen LogP contribution in [-0.4, -0.2) is 24.9 Å². The fourth-order valence-electron chi connectivity index (χ4n) is 2.72. The van der Waals surface area contributed by atoms with Crippen LogP contribution in [0.3, 0.4) is 0 Å². The van der Waals surface area contributed by atoms with E-state index in [0.29, 0.717) is 19.0 Å². The summed E-state index contributed by atoms with van der Waals surface area (Å²) in [6, 6.07) is 14.0. The Labute approximate surface area is 152 Å². The molecule has 5 heteroatoms. The van der Waals surface area contributed by atoms with Crippen molar-refractivity contribution in [1.29, 1.82) is 0 Å². The number of benzene rings is 2. The van der Waals surface area contributed by atoms with Crippen LogP contribution in [0.25, 0.3) is 0 Å². The monoisotopic (exact) mass is 357 g/mol. The molecule has 0 aromatic heterocycles. The van der Waals surface area contributed by atoms with Crippen molar-refractivity contribution in [2.24, 2.45) is 0 Å². The van der Waals surface area contributed by atoms with Crippen molar-refractivity contribution in [3.63, 3.8) is 0 Å². The number of carbonyl (C=O) groups is 1. The Hall–Kier alpha value is -2.14. The third-order valence-electron chi connectivity index (χ3n) is 4.20. The summed E-state index contributed by atoms with van der Waals surface area (Å²) in [4.78, 5) is 12.2. The van der Waals surface area contributed by atoms with E-state index < -0.39 is 0 Å². The first-order valence-electron chi connectivity index (χ1n) is 8.44. The summed E-state index contributed by atoms with van der Waals surface area (Å²) in [5.41, 5.74) is 3.56. The average Bonchev–Trinajstić information content (AvgIpc) is 2.63. The van der Waals surface area contributed by atoms with Gasteiger partial charge in [0.2, 0.25) is 5.91 Å². The molecular formula is C20H23NO3S. The summed E-state index contributed by atoms with van der Waals surface area (Å²) in [6.45, 7) is 5.22. The van der Waals surface area contributed by atoms with E-state index in [1.54, 1.807) is 11.8 Å². The van der Waals surface area contributed by atoms with Gasteiger partial charge in [-0.2, -0.15) is 0 Å². The Kier molecular flexibility index (Phi) is 5.87. The molecule has 0 unspecified atom stereocenters. The largest absolute Gasteiger partial charge is 0.486 e. The average molecular weight is 357 g/mol. The third-order valence-corrected chi connectivity index (χ3v) is 5.18. The Bertz CT molecular complexity index is 747. The predicted molar refractivity (Wildman–Crippen MR) is 101 cm³/mol. The van der Waals surface area contributed by atoms with Crippen LogP contribution in [0.4, 0.5) is 0 Å². The van der Waals surface area contributed by atoms with Crippen molar-refractivity contribution in [1.82, 2.24) is 5.32 Å². The molecule has 0 spiro atoms. The SMILES string of the molecule is Cc1ccccc1CSCC(=O)N[C@@H](C)c1ccc2c(c1)OCCO2. The van der Waals surface area contributed by atoms with Gasteiger partial charge in [0.1, 0.15) is 13.2 Å². The second-order valence-corrected chi connectivity index (χ2v) is 7.10. The number of ether oxygens (including phenoxy) is 2. The number of aryl methyl sites for hydroxylation is 1. The fraction of sp³-hybridized carbons (Fsp3) is 0.350. The minimum Gasteiger partial charge on any atom is -0.486 e. The summed E-state index contributed by atoms with van der Waals surface area (Å²) in [5, 5.41) is 3.05. The highest BCUT2D eigenvalue weighted by atomic mass is 32.2. The number of thioether (sulfide) groups is 1. The molecule has 2 aromatic carbocycles. The summed E-state index contributed by atoms with van der Waals surface area (Å²) in [7, 11) is 0. The zero-order chi connectivity index (χ0) is 17.6. The lowest BCUT2D eigenvalue weighted by molar-refractivity contribution is -0.119. The van der Waals surface area contributed by atoms with Crippen LogP contribution in [0.5, 0.6) is 11.5 Å². The van der Waals surface area contributed by atoms with E-state index in [0.717, 1.165) is 22.8 Å². The molecule has 0 fully saturated rings. The Morgan fingerprint density at radius 3 is 2.72 bits per heavy atom. The lowest BCUT2D eigenvalue weighted by Crippen LogP contribution is -2.28. The highest BCUT2D eigenvalue weighted by Crippen LogP contribution is 2.32. The number of fused-ring (bicyclic) bond motifs is 1. The van der Waals surface area contributed by atoms with Gasteiger partial charge in [-0.3, -0.25) is 4.79 Å². The summed E-state index contributed by atoms with van der Waals surface area (Å²) < 4.78 is 11.1. The minimum absolute atomic E-state index is 0.0426. The van der Waals surface area contributed by atoms with Crippen molar-refractivity contribution in [2.45, 2.75) is 25.6 Å². The van der Waals surface area contributed by atoms with E-state index in [1.165, 1.54) is 11.1 Å². The predicted octanol–water partition coefficient (Wildman–Crippen LogP) is 3.88. The number of rotatable bonds is 6. The Balaban J connectivity index is 1.50. The molecule has 0 aliphatic carbocycles. The number of carbonyl (C=O) groups excluding carboxylic acids is 1. The highest BCUT2D eigenvalue weighted by molar-refractivity contribution is 7.99. The number of amides is 1. The summed E-state index contributed by atoms with van der Waals surface area (Å²) in [5.74, 6) is 2.85. The van der Waals surface area contributed by atoms with E-state index >= 15 is 0 Å². The zero-order valence-corrected chi connectivity index (χ0v) is 15.4. The van der Waals surface area contributed by atoms with E-state index in [4.69, 9.17) is 9.47 Å². The quantitative estimate of drug-likeness (QED) is 0.852. The van der Waals surface area contributed by atoms with E-state index in [-0.39, 0.29) is 11.9 Å². The van der Waals surface area contributed by atoms with Crippen LogP contribution in [0.15, 0.2) is 42.5 Å². The maximum atomic E-state index is 12.2. The number of hydrogen-bond acceptors (Lipinski definition) is 4. The second kappa shape index (κ2) is 8.30. The molecule has 1 amide bonds. The van der Waals surface area contributed by atoms with Gasteiger partial charge in [0, 0.05) is 5.75 Å². The van der Waals surface area contributed by atoms with Gasteiger partial charge in [-0.05, 0) is 42.7 Å². The number of hydrogen-bond donors (Lipinski definition) is 1. The molecule has 0 saturated heterocycles. The van der Waals surface area contributed by atoms with Crippen molar-refractivity contribution in [2.75, 3.05) is 19.0 Å². The number of nitrogens with one attached hydrogen (secondary N) is 1. The standard InChI is InChI=1S/C20H23NO3S/c1-14-5-3-4-6-17(14)12-25-13-20(22)21-15(2)16-7-8-18-19(11-16)24-10-9-23-18/h3-8,11,15H,9-10,12-13H2,1-2H3,(H,21,22)/t15-/m0/s1. The molecule has 2 aromatic rings. The Morgan fingerprint density at radius 1 is 1.16 bits per heavy atom. The molecule has 1 heterocycles. The summed E-state index contributed by atoms with van der Waals surface area (Å²) >= 11 is 1.63. The zero-order valence-electron chi connectivity index (χ0n) is 14.6. The van der Waals surface area contributed by atoms with Gasteiger partial charge in [-0.25, -0.2) is 0 Å². The Morgan fingerprint density at radius 2 is 1.92 bits per heavy atom. The topological polar surface area (TPSA) is 47.6 Å². The highest BCUT2D eigenvalue weighted by Gasteiger charge is 2.15. The summed E-state index contributed by atoms with van der Waals surface area (Å²) in [6.07, 6.45) is 0. The van der Waals surface area contributed by atoms with Crippen LogP contribution in [0.1, 0.15) is 29.7 Å².